The minimum absolute atomic E-state index is 0. The minimum atomic E-state index is 0. The van der Waals surface area contributed by atoms with E-state index < -0.39 is 0 Å². The maximum absolute atomic E-state index is 4.24. The first-order valence-corrected chi connectivity index (χ1v) is 46.4. The maximum atomic E-state index is 4.24. The van der Waals surface area contributed by atoms with Gasteiger partial charge in [-0.25, -0.2) is 0 Å². The Hall–Kier alpha value is -6.40. The highest BCUT2D eigenvalue weighted by atomic mass is 32.1. The molecule has 9 aromatic rings. The Labute approximate surface area is 772 Å². The van der Waals surface area contributed by atoms with Crippen molar-refractivity contribution in [3.63, 3.8) is 0 Å². The second-order valence-corrected chi connectivity index (χ2v) is 40.2. The Morgan fingerprint density at radius 3 is 0.901 bits per heavy atom. The van der Waals surface area contributed by atoms with Gasteiger partial charge in [-0.1, -0.05) is 511 Å². The van der Waals surface area contributed by atoms with E-state index in [2.05, 4.69) is 386 Å². The van der Waals surface area contributed by atoms with E-state index in [-0.39, 0.29) is 70.2 Å². The van der Waals surface area contributed by atoms with Crippen LogP contribution in [0.2, 0.25) is 0 Å². The first-order valence-electron chi connectivity index (χ1n) is 46.4. The highest BCUT2D eigenvalue weighted by Crippen LogP contribution is 2.47. The fourth-order valence-electron chi connectivity index (χ4n) is 20.1. The normalized spacial score (nSPS) is 15.9. The first kappa shape index (κ1) is 109. The Bertz CT molecular complexity index is 4140. The standard InChI is InChI=1S/C18H34.2C18H28.C18H22.2C18H20.C9H10.4H2S/c6*1-15(16-10-6-4-7-11-16)14-18(2,3)17-12-8-5-9-13-17;1-8(2)9-6-4-3-5-7-9;;;;/h15-17H,4-14H2,1-3H3;5,8-9,12-13,15-16H,4,6-7,10-11,14H2,1-3H3;4,6-7,10-11,15,17H,5,8-9,12-14H2,1-3H3;4-13,15H,14H2,1-3H3;4-14H,1-3H3;4-13H,1,14H2,2-3H3;3-7H,1H2,2H3;4*1H2/b;;;;15-14-;;;;;;. The molecule has 4 aliphatic carbocycles. The van der Waals surface area contributed by atoms with Gasteiger partial charge in [0.15, 0.2) is 0 Å². The van der Waals surface area contributed by atoms with Crippen molar-refractivity contribution in [2.24, 2.45) is 46.3 Å². The summed E-state index contributed by atoms with van der Waals surface area (Å²) in [4.78, 5) is 0. The lowest BCUT2D eigenvalue weighted by atomic mass is 9.65. The van der Waals surface area contributed by atoms with Gasteiger partial charge in [0.2, 0.25) is 0 Å². The third-order valence-electron chi connectivity index (χ3n) is 27.5. The Morgan fingerprint density at radius 2 is 0.562 bits per heavy atom. The summed E-state index contributed by atoms with van der Waals surface area (Å²) in [5.74, 6) is 7.06. The van der Waals surface area contributed by atoms with Gasteiger partial charge in [0.25, 0.3) is 0 Å². The molecule has 0 aromatic heterocycles. The monoisotopic (exact) mass is 1700 g/mol. The van der Waals surface area contributed by atoms with Gasteiger partial charge in [-0.15, -0.1) is 0 Å². The molecular formula is C117H170S4. The van der Waals surface area contributed by atoms with E-state index in [1.807, 2.05) is 31.2 Å². The van der Waals surface area contributed by atoms with Crippen LogP contribution in [0, 0.1) is 46.3 Å². The molecule has 0 saturated heterocycles. The van der Waals surface area contributed by atoms with Crippen LogP contribution < -0.4 is 0 Å². The molecular weight excluding hydrogens is 1530 g/mol. The Kier molecular flexibility index (Phi) is 50.2. The van der Waals surface area contributed by atoms with Crippen molar-refractivity contribution in [3.05, 3.63) is 342 Å². The van der Waals surface area contributed by atoms with E-state index in [9.17, 15) is 0 Å². The highest BCUT2D eigenvalue weighted by Gasteiger charge is 2.36. The van der Waals surface area contributed by atoms with E-state index in [1.165, 1.54) is 215 Å². The summed E-state index contributed by atoms with van der Waals surface area (Å²) in [6.07, 6.45) is 38.2. The maximum Gasteiger partial charge on any atom is 0.00812 e. The number of allylic oxidation sites excluding steroid dienone is 4. The van der Waals surface area contributed by atoms with E-state index >= 15 is 0 Å². The molecule has 0 spiro atoms. The quantitative estimate of drug-likeness (QED) is 0.0566. The fourth-order valence-corrected chi connectivity index (χ4v) is 20.1. The molecule has 4 saturated carbocycles. The zero-order chi connectivity index (χ0) is 84.8. The number of hydrogen-bond acceptors (Lipinski definition) is 0. The highest BCUT2D eigenvalue weighted by molar-refractivity contribution is 7.59. The molecule has 0 amide bonds. The van der Waals surface area contributed by atoms with Gasteiger partial charge in [-0.2, -0.15) is 54.0 Å². The van der Waals surface area contributed by atoms with Crippen molar-refractivity contribution in [2.45, 2.75) is 319 Å². The van der Waals surface area contributed by atoms with Crippen molar-refractivity contribution in [1.29, 1.82) is 0 Å². The molecule has 9 aromatic carbocycles. The second kappa shape index (κ2) is 55.8. The van der Waals surface area contributed by atoms with Crippen LogP contribution in [0.4, 0.5) is 0 Å². The van der Waals surface area contributed by atoms with Gasteiger partial charge >= 0.3 is 0 Å². The lowest BCUT2D eigenvalue weighted by molar-refractivity contribution is 0.0996. The summed E-state index contributed by atoms with van der Waals surface area (Å²) in [6.45, 7) is 50.6. The number of benzene rings is 9. The third-order valence-corrected chi connectivity index (χ3v) is 27.5. The van der Waals surface area contributed by atoms with Crippen molar-refractivity contribution in [2.75, 3.05) is 0 Å². The molecule has 0 nitrogen and oxygen atoms in total. The molecule has 0 heterocycles. The predicted octanol–water partition coefficient (Wildman–Crippen LogP) is 36.0. The van der Waals surface area contributed by atoms with Gasteiger partial charge < -0.3 is 0 Å². The van der Waals surface area contributed by atoms with Crippen molar-refractivity contribution < 1.29 is 0 Å². The zero-order valence-corrected chi connectivity index (χ0v) is 83.3. The number of hydrogen-bond donors (Lipinski definition) is 0. The first-order chi connectivity index (χ1) is 55.9. The summed E-state index contributed by atoms with van der Waals surface area (Å²) in [7, 11) is 0. The smallest absolute Gasteiger partial charge is 0.00812 e. The SMILES string of the molecule is C/C(=C/C(C)(C)c1ccccc1)c1ccccc1.C=C(C)c1ccccc1.C=C(CC(C)(C)c1ccccc1)c1ccccc1.CC(CC(C)(C)C1CCCCC1)C1CCCCC1.CC(CC(C)(C)C1CCCCC1)c1ccccc1.CC(CC(C)(C)c1ccccc1)C1CCCCC1.CC(CC(C)(C)c1ccccc1)c1ccccc1.S.S.S.S. The molecule has 121 heavy (non-hydrogen) atoms. The molecule has 662 valence electrons. The average molecular weight is 1700 g/mol. The van der Waals surface area contributed by atoms with Crippen LogP contribution in [0.3, 0.4) is 0 Å². The fraction of sp³-hybridized carbons (Fsp3) is 0.487. The van der Waals surface area contributed by atoms with Gasteiger partial charge in [-0.05, 0) is 207 Å². The molecule has 0 radical (unpaired) electrons. The van der Waals surface area contributed by atoms with E-state index in [1.54, 1.807) is 0 Å². The van der Waals surface area contributed by atoms with Crippen LogP contribution in [0.25, 0.3) is 16.7 Å². The second-order valence-electron chi connectivity index (χ2n) is 40.2. The molecule has 13 rings (SSSR count). The van der Waals surface area contributed by atoms with Crippen molar-refractivity contribution >= 4 is 70.7 Å². The van der Waals surface area contributed by atoms with Crippen LogP contribution in [-0.4, -0.2) is 0 Å². The Morgan fingerprint density at radius 1 is 0.298 bits per heavy atom. The van der Waals surface area contributed by atoms with E-state index in [0.717, 1.165) is 47.5 Å². The molecule has 4 unspecified atom stereocenters. The van der Waals surface area contributed by atoms with Crippen LogP contribution in [-0.2, 0) is 21.7 Å². The van der Waals surface area contributed by atoms with E-state index in [0.29, 0.717) is 28.1 Å². The number of rotatable bonds is 24. The molecule has 4 aliphatic rings. The summed E-state index contributed by atoms with van der Waals surface area (Å²) in [6, 6.07) is 96.0. The van der Waals surface area contributed by atoms with Crippen LogP contribution in [0.1, 0.15) is 347 Å². The molecule has 0 bridgehead atoms. The molecule has 0 N–H and O–H groups in total. The molecule has 0 aliphatic heterocycles. The molecule has 4 atom stereocenters. The topological polar surface area (TPSA) is 0 Å². The third kappa shape index (κ3) is 38.5. The average Bonchev–Trinajstić information content (AvgIpc) is 0.860. The summed E-state index contributed by atoms with van der Waals surface area (Å²) in [5.41, 5.74) is 17.8. The summed E-state index contributed by atoms with van der Waals surface area (Å²) in [5, 5.41) is 0. The Balaban J connectivity index is 0.000000365. The van der Waals surface area contributed by atoms with Gasteiger partial charge in [-0.3, -0.25) is 0 Å². The zero-order valence-electron chi connectivity index (χ0n) is 79.3. The largest absolute Gasteiger partial charge is 0.197 e. The van der Waals surface area contributed by atoms with Crippen LogP contribution in [0.15, 0.2) is 292 Å². The van der Waals surface area contributed by atoms with Crippen molar-refractivity contribution in [1.82, 2.24) is 0 Å². The van der Waals surface area contributed by atoms with Crippen LogP contribution >= 0.6 is 54.0 Å². The van der Waals surface area contributed by atoms with Crippen LogP contribution in [0.5, 0.6) is 0 Å². The van der Waals surface area contributed by atoms with Crippen molar-refractivity contribution in [3.8, 4) is 0 Å². The lowest BCUT2D eigenvalue weighted by Gasteiger charge is -2.41. The molecule has 4 heteroatoms. The van der Waals surface area contributed by atoms with Gasteiger partial charge in [0, 0.05) is 5.41 Å². The van der Waals surface area contributed by atoms with Gasteiger partial charge in [0.05, 0.1) is 0 Å². The summed E-state index contributed by atoms with van der Waals surface area (Å²) >= 11 is 0. The summed E-state index contributed by atoms with van der Waals surface area (Å²) < 4.78 is 0. The van der Waals surface area contributed by atoms with Gasteiger partial charge in [0.1, 0.15) is 0 Å². The lowest BCUT2D eigenvalue weighted by Crippen LogP contribution is -2.30. The van der Waals surface area contributed by atoms with E-state index in [4.69, 9.17) is 0 Å². The minimum Gasteiger partial charge on any atom is -0.197 e. The predicted molar refractivity (Wildman–Crippen MR) is 561 cm³/mol. The molecule has 4 fully saturated rings.